The number of amides is 2. The summed E-state index contributed by atoms with van der Waals surface area (Å²) in [5.74, 6) is 0.900. The number of aromatic nitrogens is 1. The van der Waals surface area contributed by atoms with Crippen molar-refractivity contribution in [2.24, 2.45) is 0 Å². The van der Waals surface area contributed by atoms with E-state index in [0.717, 1.165) is 11.8 Å². The molecular weight excluding hydrogens is 404 g/mol. The van der Waals surface area contributed by atoms with Crippen LogP contribution in [0.1, 0.15) is 36.7 Å². The van der Waals surface area contributed by atoms with Crippen molar-refractivity contribution in [3.63, 3.8) is 0 Å². The Bertz CT molecular complexity index is 983. The van der Waals surface area contributed by atoms with Crippen LogP contribution in [0.2, 0.25) is 5.02 Å². The fourth-order valence-corrected chi connectivity index (χ4v) is 3.99. The summed E-state index contributed by atoms with van der Waals surface area (Å²) in [5.41, 5.74) is 1.31. The summed E-state index contributed by atoms with van der Waals surface area (Å²) in [4.78, 5) is 16.7. The Morgan fingerprint density at radius 1 is 1.29 bits per heavy atom. The average Bonchev–Trinajstić information content (AvgIpc) is 2.61. The summed E-state index contributed by atoms with van der Waals surface area (Å²) < 4.78 is 30.8. The highest BCUT2D eigenvalue weighted by Crippen LogP contribution is 2.37. The summed E-state index contributed by atoms with van der Waals surface area (Å²) in [5, 5.41) is 6.08. The van der Waals surface area contributed by atoms with Gasteiger partial charge in [-0.25, -0.2) is 22.9 Å². The Hall–Kier alpha value is -2.36. The Morgan fingerprint density at radius 2 is 2.04 bits per heavy atom. The van der Waals surface area contributed by atoms with Crippen LogP contribution < -0.4 is 20.1 Å². The molecular formula is C18H21ClN4O4S. The molecule has 0 saturated carbocycles. The number of hydrogen-bond donors (Lipinski definition) is 3. The van der Waals surface area contributed by atoms with E-state index in [4.69, 9.17) is 16.3 Å². The zero-order valence-corrected chi connectivity index (χ0v) is 17.0. The molecule has 2 aromatic rings. The highest BCUT2D eigenvalue weighted by molar-refractivity contribution is 7.88. The van der Waals surface area contributed by atoms with Crippen molar-refractivity contribution < 1.29 is 17.9 Å². The van der Waals surface area contributed by atoms with Gasteiger partial charge in [0.05, 0.1) is 35.7 Å². The number of pyridine rings is 1. The van der Waals surface area contributed by atoms with Gasteiger partial charge >= 0.3 is 6.03 Å². The zero-order valence-electron chi connectivity index (χ0n) is 15.4. The van der Waals surface area contributed by atoms with Gasteiger partial charge in [-0.1, -0.05) is 29.8 Å². The first-order valence-electron chi connectivity index (χ1n) is 8.66. The van der Waals surface area contributed by atoms with Crippen LogP contribution in [0.3, 0.4) is 0 Å². The Morgan fingerprint density at radius 3 is 2.79 bits per heavy atom. The number of halogens is 1. The monoisotopic (exact) mass is 424 g/mol. The van der Waals surface area contributed by atoms with Crippen molar-refractivity contribution in [3.8, 4) is 5.75 Å². The fourth-order valence-electron chi connectivity index (χ4n) is 2.99. The highest BCUT2D eigenvalue weighted by atomic mass is 35.5. The second kappa shape index (κ2) is 8.34. The molecule has 0 spiro atoms. The average molecular weight is 425 g/mol. The molecule has 150 valence electrons. The van der Waals surface area contributed by atoms with Gasteiger partial charge in [0, 0.05) is 12.0 Å². The van der Waals surface area contributed by atoms with E-state index in [0.29, 0.717) is 35.3 Å². The van der Waals surface area contributed by atoms with E-state index in [1.165, 1.54) is 0 Å². The standard InChI is InChI=1S/C18H21ClN4O4S/c1-11(23-28(2,25)26)14-7-4-8-16(20-14)22-18(24)21-15-9-10-27-17-12(15)5-3-6-13(17)19/h3-8,11,15,23H,9-10H2,1-2H3,(H2,20,21,22,24)/t11?,15-/m0/s1. The fraction of sp³-hybridized carbons (Fsp3) is 0.333. The van der Waals surface area contributed by atoms with Gasteiger partial charge in [0.2, 0.25) is 10.0 Å². The van der Waals surface area contributed by atoms with E-state index in [1.807, 2.05) is 12.1 Å². The van der Waals surface area contributed by atoms with Gasteiger partial charge in [-0.15, -0.1) is 0 Å². The van der Waals surface area contributed by atoms with E-state index >= 15 is 0 Å². The predicted molar refractivity (Wildman–Crippen MR) is 107 cm³/mol. The molecule has 1 unspecified atom stereocenters. The number of para-hydroxylation sites is 1. The lowest BCUT2D eigenvalue weighted by molar-refractivity contribution is 0.232. The van der Waals surface area contributed by atoms with Crippen molar-refractivity contribution in [2.75, 3.05) is 18.2 Å². The summed E-state index contributed by atoms with van der Waals surface area (Å²) >= 11 is 6.15. The number of ether oxygens (including phenoxy) is 1. The zero-order chi connectivity index (χ0) is 20.3. The minimum atomic E-state index is -3.37. The van der Waals surface area contributed by atoms with Crippen LogP contribution in [0.15, 0.2) is 36.4 Å². The molecule has 1 aliphatic rings. The third-order valence-electron chi connectivity index (χ3n) is 4.18. The second-order valence-electron chi connectivity index (χ2n) is 6.51. The lowest BCUT2D eigenvalue weighted by Crippen LogP contribution is -2.35. The first kappa shape index (κ1) is 20.4. The van der Waals surface area contributed by atoms with E-state index in [-0.39, 0.29) is 6.04 Å². The number of hydrogen-bond acceptors (Lipinski definition) is 5. The van der Waals surface area contributed by atoms with Gasteiger partial charge in [0.1, 0.15) is 11.6 Å². The molecule has 1 aromatic carbocycles. The molecule has 1 aliphatic heterocycles. The molecule has 3 N–H and O–H groups in total. The number of carbonyl (C=O) groups is 1. The van der Waals surface area contributed by atoms with Gasteiger partial charge in [-0.05, 0) is 25.1 Å². The maximum atomic E-state index is 12.4. The molecule has 2 heterocycles. The summed E-state index contributed by atoms with van der Waals surface area (Å²) in [6.45, 7) is 2.13. The smallest absolute Gasteiger partial charge is 0.320 e. The molecule has 2 atom stereocenters. The van der Waals surface area contributed by atoms with Crippen LogP contribution in [-0.2, 0) is 10.0 Å². The number of benzene rings is 1. The van der Waals surface area contributed by atoms with Gasteiger partial charge in [-0.3, -0.25) is 5.32 Å². The minimum Gasteiger partial charge on any atom is -0.492 e. The van der Waals surface area contributed by atoms with Crippen molar-refractivity contribution in [1.29, 1.82) is 0 Å². The Balaban J connectivity index is 1.68. The van der Waals surface area contributed by atoms with E-state index in [2.05, 4.69) is 20.3 Å². The summed E-state index contributed by atoms with van der Waals surface area (Å²) in [6.07, 6.45) is 1.70. The second-order valence-corrected chi connectivity index (χ2v) is 8.69. The quantitative estimate of drug-likeness (QED) is 0.683. The van der Waals surface area contributed by atoms with E-state index < -0.39 is 22.1 Å². The van der Waals surface area contributed by atoms with Crippen LogP contribution in [0.4, 0.5) is 10.6 Å². The molecule has 0 radical (unpaired) electrons. The lowest BCUT2D eigenvalue weighted by Gasteiger charge is -2.27. The minimum absolute atomic E-state index is 0.239. The van der Waals surface area contributed by atoms with Crippen molar-refractivity contribution in [1.82, 2.24) is 15.0 Å². The van der Waals surface area contributed by atoms with Gasteiger partial charge in [-0.2, -0.15) is 0 Å². The number of rotatable bonds is 5. The summed E-state index contributed by atoms with van der Waals surface area (Å²) in [7, 11) is -3.37. The molecule has 8 nitrogen and oxygen atoms in total. The maximum absolute atomic E-state index is 12.4. The maximum Gasteiger partial charge on any atom is 0.320 e. The molecule has 0 fully saturated rings. The van der Waals surface area contributed by atoms with E-state index in [9.17, 15) is 13.2 Å². The van der Waals surface area contributed by atoms with Crippen molar-refractivity contribution in [3.05, 3.63) is 52.7 Å². The molecule has 1 aromatic heterocycles. The van der Waals surface area contributed by atoms with Crippen LogP contribution in [0, 0.1) is 0 Å². The predicted octanol–water partition coefficient (Wildman–Crippen LogP) is 2.99. The number of nitrogens with zero attached hydrogens (tertiary/aromatic N) is 1. The number of carbonyl (C=O) groups excluding carboxylic acids is 1. The largest absolute Gasteiger partial charge is 0.492 e. The Kier molecular flexibility index (Phi) is 6.07. The van der Waals surface area contributed by atoms with Gasteiger partial charge in [0.15, 0.2) is 0 Å². The van der Waals surface area contributed by atoms with Crippen LogP contribution in [0.25, 0.3) is 0 Å². The number of urea groups is 1. The van der Waals surface area contributed by atoms with Crippen LogP contribution in [0.5, 0.6) is 5.75 Å². The molecule has 0 aliphatic carbocycles. The summed E-state index contributed by atoms with van der Waals surface area (Å²) in [6, 6.07) is 9.23. The number of nitrogens with one attached hydrogen (secondary N) is 3. The van der Waals surface area contributed by atoms with Crippen molar-refractivity contribution >= 4 is 33.5 Å². The lowest BCUT2D eigenvalue weighted by atomic mass is 10.0. The number of sulfonamides is 1. The van der Waals surface area contributed by atoms with Crippen molar-refractivity contribution in [2.45, 2.75) is 25.4 Å². The first-order valence-corrected chi connectivity index (χ1v) is 10.9. The number of fused-ring (bicyclic) bond motifs is 1. The normalized spacial score (nSPS) is 17.2. The molecule has 10 heteroatoms. The van der Waals surface area contributed by atoms with Crippen LogP contribution in [-0.4, -0.2) is 32.3 Å². The molecule has 2 amide bonds. The Labute approximate surface area is 168 Å². The SMILES string of the molecule is CC(NS(C)(=O)=O)c1cccc(NC(=O)N[C@H]2CCOc3c(Cl)cccc32)n1. The van der Waals surface area contributed by atoms with Gasteiger partial charge < -0.3 is 10.1 Å². The molecule has 3 rings (SSSR count). The van der Waals surface area contributed by atoms with Crippen LogP contribution >= 0.6 is 11.6 Å². The third kappa shape index (κ3) is 5.12. The van der Waals surface area contributed by atoms with E-state index in [1.54, 1.807) is 31.2 Å². The molecule has 0 saturated heterocycles. The highest BCUT2D eigenvalue weighted by Gasteiger charge is 2.25. The topological polar surface area (TPSA) is 109 Å². The third-order valence-corrected chi connectivity index (χ3v) is 5.26. The molecule has 0 bridgehead atoms. The number of anilines is 1. The molecule has 28 heavy (non-hydrogen) atoms. The first-order chi connectivity index (χ1) is 13.2. The van der Waals surface area contributed by atoms with Gasteiger partial charge in [0.25, 0.3) is 0 Å².